The third-order valence-corrected chi connectivity index (χ3v) is 5.85. The fraction of sp³-hybridized carbons (Fsp3) is 0.0870. The van der Waals surface area contributed by atoms with Gasteiger partial charge in [-0.2, -0.15) is 0 Å². The number of carbonyl (C=O) groups excluding carboxylic acids is 2. The highest BCUT2D eigenvalue weighted by Crippen LogP contribution is 2.23. The third-order valence-electron chi connectivity index (χ3n) is 4.49. The van der Waals surface area contributed by atoms with Gasteiger partial charge in [-0.3, -0.25) is 9.59 Å². The van der Waals surface area contributed by atoms with Crippen LogP contribution in [0.3, 0.4) is 0 Å². The van der Waals surface area contributed by atoms with Crippen molar-refractivity contribution in [2.75, 3.05) is 11.9 Å². The van der Waals surface area contributed by atoms with Gasteiger partial charge in [0.05, 0.1) is 22.8 Å². The van der Waals surface area contributed by atoms with E-state index in [2.05, 4.69) is 15.6 Å². The van der Waals surface area contributed by atoms with Crippen LogP contribution in [-0.2, 0) is 11.4 Å². The molecule has 1 heterocycles. The Bertz CT molecular complexity index is 1290. The number of anilines is 1. The standard InChI is InChI=1S/C23H17Cl2N3O3S/c24-16-6-8-19(20(25)10-16)22(30)26-11-21(29)28-23-27-17(13-32-23)12-31-18-7-5-14-3-1-2-4-15(14)9-18/h1-10,13H,11-12H2,(H,26,30)(H,27,28,29). The molecule has 6 nitrogen and oxygen atoms in total. The molecule has 0 saturated carbocycles. The Labute approximate surface area is 198 Å². The van der Waals surface area contributed by atoms with E-state index in [1.54, 1.807) is 6.07 Å². The molecular formula is C23H17Cl2N3O3S. The third kappa shape index (κ3) is 5.56. The van der Waals surface area contributed by atoms with Gasteiger partial charge in [0.2, 0.25) is 5.91 Å². The van der Waals surface area contributed by atoms with E-state index in [0.29, 0.717) is 15.8 Å². The van der Waals surface area contributed by atoms with E-state index in [-0.39, 0.29) is 23.7 Å². The molecule has 0 saturated heterocycles. The Kier molecular flexibility index (Phi) is 6.90. The van der Waals surface area contributed by atoms with Crippen LogP contribution < -0.4 is 15.4 Å². The van der Waals surface area contributed by atoms with Gasteiger partial charge >= 0.3 is 0 Å². The van der Waals surface area contributed by atoms with Crippen LogP contribution in [0.2, 0.25) is 10.0 Å². The maximum Gasteiger partial charge on any atom is 0.253 e. The molecule has 0 aliphatic carbocycles. The van der Waals surface area contributed by atoms with E-state index in [4.69, 9.17) is 27.9 Å². The number of aromatic nitrogens is 1. The van der Waals surface area contributed by atoms with Gasteiger partial charge < -0.3 is 15.4 Å². The lowest BCUT2D eigenvalue weighted by molar-refractivity contribution is -0.115. The van der Waals surface area contributed by atoms with Gasteiger partial charge in [-0.25, -0.2) is 4.98 Å². The predicted molar refractivity (Wildman–Crippen MR) is 128 cm³/mol. The van der Waals surface area contributed by atoms with Crippen molar-refractivity contribution < 1.29 is 14.3 Å². The van der Waals surface area contributed by atoms with Crippen molar-refractivity contribution in [3.8, 4) is 5.75 Å². The van der Waals surface area contributed by atoms with Crippen molar-refractivity contribution in [2.45, 2.75) is 6.61 Å². The Hall–Kier alpha value is -3.13. The monoisotopic (exact) mass is 485 g/mol. The Morgan fingerprint density at radius 3 is 2.62 bits per heavy atom. The molecule has 1 aromatic heterocycles. The molecule has 4 aromatic rings. The summed E-state index contributed by atoms with van der Waals surface area (Å²) in [5, 5.41) is 10.3. The average Bonchev–Trinajstić information content (AvgIpc) is 3.23. The second-order valence-corrected chi connectivity index (χ2v) is 8.50. The van der Waals surface area contributed by atoms with Crippen LogP contribution in [0.4, 0.5) is 5.13 Å². The number of halogens is 2. The number of nitrogens with one attached hydrogen (secondary N) is 2. The lowest BCUT2D eigenvalue weighted by Crippen LogP contribution is -2.33. The van der Waals surface area contributed by atoms with Crippen molar-refractivity contribution in [3.05, 3.63) is 87.3 Å². The minimum atomic E-state index is -0.467. The lowest BCUT2D eigenvalue weighted by Gasteiger charge is -2.07. The highest BCUT2D eigenvalue weighted by atomic mass is 35.5. The number of rotatable bonds is 7. The van der Waals surface area contributed by atoms with Gasteiger partial charge in [0.1, 0.15) is 12.4 Å². The minimum Gasteiger partial charge on any atom is -0.487 e. The van der Waals surface area contributed by atoms with Crippen molar-refractivity contribution in [1.29, 1.82) is 0 Å². The summed E-state index contributed by atoms with van der Waals surface area (Å²) in [6.45, 7) is 0.0524. The summed E-state index contributed by atoms with van der Waals surface area (Å²) in [5.74, 6) is -0.129. The molecule has 0 fully saturated rings. The molecule has 0 aliphatic rings. The molecule has 0 atom stereocenters. The number of hydrogen-bond acceptors (Lipinski definition) is 5. The Balaban J connectivity index is 1.27. The largest absolute Gasteiger partial charge is 0.487 e. The molecule has 0 unspecified atom stereocenters. The highest BCUT2D eigenvalue weighted by molar-refractivity contribution is 7.13. The van der Waals surface area contributed by atoms with Crippen LogP contribution in [0.5, 0.6) is 5.75 Å². The van der Waals surface area contributed by atoms with Crippen LogP contribution in [-0.4, -0.2) is 23.3 Å². The minimum absolute atomic E-state index is 0.214. The van der Waals surface area contributed by atoms with E-state index >= 15 is 0 Å². The number of fused-ring (bicyclic) bond motifs is 1. The maximum atomic E-state index is 12.2. The smallest absolute Gasteiger partial charge is 0.253 e. The summed E-state index contributed by atoms with van der Waals surface area (Å²) in [7, 11) is 0. The van der Waals surface area contributed by atoms with Crippen LogP contribution in [0.25, 0.3) is 10.8 Å². The number of ether oxygens (including phenoxy) is 1. The number of carbonyl (C=O) groups is 2. The zero-order valence-corrected chi connectivity index (χ0v) is 18.9. The van der Waals surface area contributed by atoms with Crippen LogP contribution >= 0.6 is 34.5 Å². The molecule has 4 rings (SSSR count). The van der Waals surface area contributed by atoms with E-state index in [0.717, 1.165) is 16.5 Å². The van der Waals surface area contributed by atoms with E-state index in [1.165, 1.54) is 23.5 Å². The molecule has 0 bridgehead atoms. The fourth-order valence-electron chi connectivity index (χ4n) is 2.94. The summed E-state index contributed by atoms with van der Waals surface area (Å²) in [4.78, 5) is 28.7. The lowest BCUT2D eigenvalue weighted by atomic mass is 10.1. The molecule has 2 N–H and O–H groups in total. The number of benzene rings is 3. The molecular weight excluding hydrogens is 469 g/mol. The number of amides is 2. The summed E-state index contributed by atoms with van der Waals surface area (Å²) in [6.07, 6.45) is 0. The zero-order chi connectivity index (χ0) is 22.5. The van der Waals surface area contributed by atoms with Crippen molar-refractivity contribution >= 4 is 62.3 Å². The first-order valence-electron chi connectivity index (χ1n) is 9.57. The fourth-order valence-corrected chi connectivity index (χ4v) is 4.14. The van der Waals surface area contributed by atoms with Crippen LogP contribution in [0, 0.1) is 0 Å². The number of hydrogen-bond donors (Lipinski definition) is 2. The van der Waals surface area contributed by atoms with Gasteiger partial charge in [-0.05, 0) is 41.1 Å². The van der Waals surface area contributed by atoms with Gasteiger partial charge in [-0.15, -0.1) is 11.3 Å². The van der Waals surface area contributed by atoms with Crippen LogP contribution in [0.1, 0.15) is 16.1 Å². The molecule has 0 aliphatic heterocycles. The topological polar surface area (TPSA) is 80.3 Å². The molecule has 32 heavy (non-hydrogen) atoms. The molecule has 0 spiro atoms. The normalized spacial score (nSPS) is 10.7. The molecule has 3 aromatic carbocycles. The second-order valence-electron chi connectivity index (χ2n) is 6.80. The second kappa shape index (κ2) is 9.99. The summed E-state index contributed by atoms with van der Waals surface area (Å²) in [5.41, 5.74) is 0.932. The number of nitrogens with zero attached hydrogens (tertiary/aromatic N) is 1. The van der Waals surface area contributed by atoms with Crippen molar-refractivity contribution in [2.24, 2.45) is 0 Å². The summed E-state index contributed by atoms with van der Waals surface area (Å²) < 4.78 is 5.82. The average molecular weight is 486 g/mol. The van der Waals surface area contributed by atoms with Crippen LogP contribution in [0.15, 0.2) is 66.0 Å². The van der Waals surface area contributed by atoms with Gasteiger partial charge in [-0.1, -0.05) is 53.5 Å². The molecule has 2 amide bonds. The highest BCUT2D eigenvalue weighted by Gasteiger charge is 2.13. The molecule has 162 valence electrons. The molecule has 9 heteroatoms. The Morgan fingerprint density at radius 2 is 1.81 bits per heavy atom. The maximum absolute atomic E-state index is 12.2. The van der Waals surface area contributed by atoms with Gasteiger partial charge in [0.25, 0.3) is 5.91 Å². The summed E-state index contributed by atoms with van der Waals surface area (Å²) in [6, 6.07) is 18.4. The quantitative estimate of drug-likeness (QED) is 0.359. The van der Waals surface area contributed by atoms with Crippen molar-refractivity contribution in [3.63, 3.8) is 0 Å². The van der Waals surface area contributed by atoms with E-state index in [9.17, 15) is 9.59 Å². The van der Waals surface area contributed by atoms with Gasteiger partial charge in [0.15, 0.2) is 5.13 Å². The zero-order valence-electron chi connectivity index (χ0n) is 16.6. The first-order valence-corrected chi connectivity index (χ1v) is 11.2. The predicted octanol–water partition coefficient (Wildman–Crippen LogP) is 5.55. The van der Waals surface area contributed by atoms with Gasteiger partial charge in [0, 0.05) is 10.4 Å². The SMILES string of the molecule is O=C(CNC(=O)c1ccc(Cl)cc1Cl)Nc1nc(COc2ccc3ccccc3c2)cs1. The summed E-state index contributed by atoms with van der Waals surface area (Å²) >= 11 is 13.1. The van der Waals surface area contributed by atoms with Crippen molar-refractivity contribution in [1.82, 2.24) is 10.3 Å². The first kappa shape index (κ1) is 22.1. The molecule has 0 radical (unpaired) electrons. The number of thiazole rings is 1. The van der Waals surface area contributed by atoms with E-state index in [1.807, 2.05) is 47.8 Å². The Morgan fingerprint density at radius 1 is 1.00 bits per heavy atom. The van der Waals surface area contributed by atoms with E-state index < -0.39 is 11.8 Å². The first-order chi connectivity index (χ1) is 15.5.